The minimum atomic E-state index is -0.0637. The second-order valence-electron chi connectivity index (χ2n) is 3.94. The molecule has 0 saturated carbocycles. The summed E-state index contributed by atoms with van der Waals surface area (Å²) in [6.45, 7) is 0. The van der Waals surface area contributed by atoms with Gasteiger partial charge in [0.2, 0.25) is 0 Å². The Kier molecular flexibility index (Phi) is 4.01. The van der Waals surface area contributed by atoms with Crippen molar-refractivity contribution in [1.82, 2.24) is 9.78 Å². The van der Waals surface area contributed by atoms with Gasteiger partial charge in [-0.2, -0.15) is 5.10 Å². The number of hydrogen-bond donors (Lipinski definition) is 1. The fourth-order valence-corrected chi connectivity index (χ4v) is 2.94. The Labute approximate surface area is 117 Å². The average molecular weight is 359 g/mol. The molecule has 2 rings (SSSR count). The standard InChI is InChI=1S/C12H13Br2N3/c1-17-12(10(14)7-16-17)11(15)6-8-3-2-4-9(13)5-8/h2-5,7,11H,6,15H2,1H3. The summed E-state index contributed by atoms with van der Waals surface area (Å²) in [5.41, 5.74) is 8.44. The maximum atomic E-state index is 6.22. The molecule has 0 aliphatic carbocycles. The van der Waals surface area contributed by atoms with Crippen LogP contribution in [0.4, 0.5) is 0 Å². The third kappa shape index (κ3) is 2.97. The van der Waals surface area contributed by atoms with Crippen LogP contribution < -0.4 is 5.73 Å². The van der Waals surface area contributed by atoms with Crippen LogP contribution in [0, 0.1) is 0 Å². The van der Waals surface area contributed by atoms with Gasteiger partial charge < -0.3 is 5.73 Å². The minimum absolute atomic E-state index is 0.0637. The van der Waals surface area contributed by atoms with E-state index in [0.717, 1.165) is 21.1 Å². The molecule has 1 aromatic heterocycles. The largest absolute Gasteiger partial charge is 0.322 e. The van der Waals surface area contributed by atoms with Gasteiger partial charge in [0.1, 0.15) is 0 Å². The lowest BCUT2D eigenvalue weighted by molar-refractivity contribution is 0.615. The van der Waals surface area contributed by atoms with Crippen molar-refractivity contribution in [3.05, 3.63) is 50.7 Å². The van der Waals surface area contributed by atoms with E-state index in [9.17, 15) is 0 Å². The molecule has 1 heterocycles. The molecule has 0 saturated heterocycles. The number of aromatic nitrogens is 2. The molecule has 0 bridgehead atoms. The Morgan fingerprint density at radius 2 is 2.18 bits per heavy atom. The first kappa shape index (κ1) is 12.8. The van der Waals surface area contributed by atoms with Crippen LogP contribution in [0.3, 0.4) is 0 Å². The molecule has 0 aliphatic heterocycles. The number of halogens is 2. The van der Waals surface area contributed by atoms with Crippen LogP contribution in [0.1, 0.15) is 17.3 Å². The summed E-state index contributed by atoms with van der Waals surface area (Å²) in [6, 6.07) is 8.13. The Hall–Kier alpha value is -0.650. The Bertz CT molecular complexity index is 503. The molecular weight excluding hydrogens is 346 g/mol. The lowest BCUT2D eigenvalue weighted by Gasteiger charge is -2.13. The van der Waals surface area contributed by atoms with E-state index < -0.39 is 0 Å². The SMILES string of the molecule is Cn1ncc(Br)c1C(N)Cc1cccc(Br)c1. The molecule has 17 heavy (non-hydrogen) atoms. The summed E-state index contributed by atoms with van der Waals surface area (Å²) in [7, 11) is 1.90. The summed E-state index contributed by atoms with van der Waals surface area (Å²) in [5, 5.41) is 4.18. The number of nitrogens with zero attached hydrogens (tertiary/aromatic N) is 2. The molecular formula is C12H13Br2N3. The first-order chi connectivity index (χ1) is 8.08. The molecule has 0 radical (unpaired) electrons. The monoisotopic (exact) mass is 357 g/mol. The maximum Gasteiger partial charge on any atom is 0.0693 e. The fourth-order valence-electron chi connectivity index (χ4n) is 1.85. The van der Waals surface area contributed by atoms with Gasteiger partial charge in [-0.25, -0.2) is 0 Å². The van der Waals surface area contributed by atoms with E-state index in [1.165, 1.54) is 5.56 Å². The molecule has 1 atom stereocenters. The highest BCUT2D eigenvalue weighted by atomic mass is 79.9. The van der Waals surface area contributed by atoms with Gasteiger partial charge in [0.25, 0.3) is 0 Å². The van der Waals surface area contributed by atoms with Crippen molar-refractivity contribution < 1.29 is 0 Å². The Morgan fingerprint density at radius 3 is 2.76 bits per heavy atom. The second kappa shape index (κ2) is 5.33. The van der Waals surface area contributed by atoms with Crippen LogP contribution in [-0.4, -0.2) is 9.78 Å². The molecule has 0 aliphatic rings. The van der Waals surface area contributed by atoms with E-state index in [1.54, 1.807) is 6.20 Å². The zero-order chi connectivity index (χ0) is 12.4. The highest BCUT2D eigenvalue weighted by molar-refractivity contribution is 9.10. The van der Waals surface area contributed by atoms with E-state index in [1.807, 2.05) is 23.9 Å². The highest BCUT2D eigenvalue weighted by Crippen LogP contribution is 2.24. The van der Waals surface area contributed by atoms with Gasteiger partial charge >= 0.3 is 0 Å². The number of benzene rings is 1. The van der Waals surface area contributed by atoms with Crippen molar-refractivity contribution in [3.8, 4) is 0 Å². The summed E-state index contributed by atoms with van der Waals surface area (Å²) >= 11 is 6.94. The number of rotatable bonds is 3. The van der Waals surface area contributed by atoms with Crippen LogP contribution in [0.15, 0.2) is 39.4 Å². The predicted octanol–water partition coefficient (Wildman–Crippen LogP) is 3.19. The Balaban J connectivity index is 2.20. The quantitative estimate of drug-likeness (QED) is 0.915. The summed E-state index contributed by atoms with van der Waals surface area (Å²) in [6.07, 6.45) is 2.56. The lowest BCUT2D eigenvalue weighted by atomic mass is 10.0. The smallest absolute Gasteiger partial charge is 0.0693 e. The van der Waals surface area contributed by atoms with Crippen LogP contribution in [0.25, 0.3) is 0 Å². The van der Waals surface area contributed by atoms with Gasteiger partial charge in [0.05, 0.1) is 22.4 Å². The average Bonchev–Trinajstić information content (AvgIpc) is 2.58. The van der Waals surface area contributed by atoms with Crippen molar-refractivity contribution in [2.24, 2.45) is 12.8 Å². The Morgan fingerprint density at radius 1 is 1.41 bits per heavy atom. The van der Waals surface area contributed by atoms with Crippen LogP contribution in [0.2, 0.25) is 0 Å². The highest BCUT2D eigenvalue weighted by Gasteiger charge is 2.15. The molecule has 90 valence electrons. The number of hydrogen-bond acceptors (Lipinski definition) is 2. The van der Waals surface area contributed by atoms with Crippen molar-refractivity contribution in [1.29, 1.82) is 0 Å². The molecule has 0 amide bonds. The fraction of sp³-hybridized carbons (Fsp3) is 0.250. The van der Waals surface area contributed by atoms with Crippen molar-refractivity contribution in [2.45, 2.75) is 12.5 Å². The molecule has 2 aromatic rings. The van der Waals surface area contributed by atoms with Gasteiger partial charge in [0, 0.05) is 11.5 Å². The van der Waals surface area contributed by atoms with E-state index in [4.69, 9.17) is 5.73 Å². The van der Waals surface area contributed by atoms with Crippen LogP contribution in [0.5, 0.6) is 0 Å². The van der Waals surface area contributed by atoms with Gasteiger partial charge in [-0.15, -0.1) is 0 Å². The molecule has 5 heteroatoms. The number of nitrogens with two attached hydrogens (primary N) is 1. The van der Waals surface area contributed by atoms with E-state index in [2.05, 4.69) is 49.1 Å². The summed E-state index contributed by atoms with van der Waals surface area (Å²) in [4.78, 5) is 0. The second-order valence-corrected chi connectivity index (χ2v) is 5.71. The van der Waals surface area contributed by atoms with Crippen molar-refractivity contribution in [2.75, 3.05) is 0 Å². The first-order valence-electron chi connectivity index (χ1n) is 5.25. The topological polar surface area (TPSA) is 43.8 Å². The molecule has 1 aromatic carbocycles. The normalized spacial score (nSPS) is 12.7. The summed E-state index contributed by atoms with van der Waals surface area (Å²) < 4.78 is 3.85. The van der Waals surface area contributed by atoms with Crippen molar-refractivity contribution in [3.63, 3.8) is 0 Å². The summed E-state index contributed by atoms with van der Waals surface area (Å²) in [5.74, 6) is 0. The predicted molar refractivity (Wildman–Crippen MR) is 75.7 cm³/mol. The van der Waals surface area contributed by atoms with Gasteiger partial charge in [-0.3, -0.25) is 4.68 Å². The van der Waals surface area contributed by atoms with Gasteiger partial charge in [-0.05, 0) is 40.0 Å². The third-order valence-corrected chi connectivity index (χ3v) is 3.74. The zero-order valence-corrected chi connectivity index (χ0v) is 12.6. The van der Waals surface area contributed by atoms with Crippen LogP contribution >= 0.6 is 31.9 Å². The number of aryl methyl sites for hydroxylation is 1. The molecule has 0 spiro atoms. The van der Waals surface area contributed by atoms with Gasteiger partial charge in [-0.1, -0.05) is 28.1 Å². The molecule has 0 fully saturated rings. The van der Waals surface area contributed by atoms with Gasteiger partial charge in [0.15, 0.2) is 0 Å². The van der Waals surface area contributed by atoms with E-state index in [0.29, 0.717) is 0 Å². The van der Waals surface area contributed by atoms with E-state index in [-0.39, 0.29) is 6.04 Å². The van der Waals surface area contributed by atoms with Crippen molar-refractivity contribution >= 4 is 31.9 Å². The third-order valence-electron chi connectivity index (χ3n) is 2.63. The first-order valence-corrected chi connectivity index (χ1v) is 6.84. The molecule has 3 nitrogen and oxygen atoms in total. The van der Waals surface area contributed by atoms with Crippen LogP contribution in [-0.2, 0) is 13.5 Å². The lowest BCUT2D eigenvalue weighted by Crippen LogP contribution is -2.17. The molecule has 1 unspecified atom stereocenters. The maximum absolute atomic E-state index is 6.22. The minimum Gasteiger partial charge on any atom is -0.322 e. The molecule has 2 N–H and O–H groups in total. The zero-order valence-electron chi connectivity index (χ0n) is 9.40. The van der Waals surface area contributed by atoms with E-state index >= 15 is 0 Å².